The van der Waals surface area contributed by atoms with E-state index in [4.69, 9.17) is 5.11 Å². The van der Waals surface area contributed by atoms with Crippen molar-refractivity contribution < 1.29 is 14.3 Å². The predicted molar refractivity (Wildman–Crippen MR) is 71.5 cm³/mol. The van der Waals surface area contributed by atoms with E-state index in [0.29, 0.717) is 22.4 Å². The summed E-state index contributed by atoms with van der Waals surface area (Å²) in [5.41, 5.74) is 2.14. The van der Waals surface area contributed by atoms with Gasteiger partial charge in [-0.2, -0.15) is 0 Å². The quantitative estimate of drug-likeness (QED) is 0.890. The van der Waals surface area contributed by atoms with Gasteiger partial charge in [0, 0.05) is 11.3 Å². The number of halogens is 1. The van der Waals surface area contributed by atoms with Gasteiger partial charge in [-0.25, -0.2) is 4.39 Å². The number of aliphatic hydroxyl groups excluding tert-OH is 1. The summed E-state index contributed by atoms with van der Waals surface area (Å²) < 4.78 is 13.1. The number of aryl methyl sites for hydroxylation is 1. The molecule has 0 aliphatic rings. The van der Waals surface area contributed by atoms with Crippen molar-refractivity contribution in [3.8, 4) is 0 Å². The summed E-state index contributed by atoms with van der Waals surface area (Å²) in [5, 5.41) is 11.7. The van der Waals surface area contributed by atoms with Crippen LogP contribution in [0.1, 0.15) is 21.5 Å². The summed E-state index contributed by atoms with van der Waals surface area (Å²) in [6.45, 7) is 1.53. The molecule has 19 heavy (non-hydrogen) atoms. The molecule has 0 spiro atoms. The van der Waals surface area contributed by atoms with E-state index in [1.54, 1.807) is 31.2 Å². The standard InChI is InChI=1S/C15H14FNO2/c1-10-7-12(5-6-14(10)16)15(19)17-13-4-2-3-11(8-13)9-18/h2-8,18H,9H2,1H3,(H,17,19). The number of benzene rings is 2. The van der Waals surface area contributed by atoms with E-state index >= 15 is 0 Å². The Bertz CT molecular complexity index is 611. The molecule has 0 heterocycles. The largest absolute Gasteiger partial charge is 0.392 e. The Balaban J connectivity index is 2.18. The van der Waals surface area contributed by atoms with Crippen LogP contribution in [0.5, 0.6) is 0 Å². The van der Waals surface area contributed by atoms with Gasteiger partial charge in [-0.1, -0.05) is 12.1 Å². The first kappa shape index (κ1) is 13.2. The van der Waals surface area contributed by atoms with E-state index in [1.807, 2.05) is 0 Å². The van der Waals surface area contributed by atoms with E-state index in [9.17, 15) is 9.18 Å². The van der Waals surface area contributed by atoms with Gasteiger partial charge in [0.15, 0.2) is 0 Å². The molecule has 2 N–H and O–H groups in total. The van der Waals surface area contributed by atoms with Crippen molar-refractivity contribution >= 4 is 11.6 Å². The maximum atomic E-state index is 13.1. The first-order chi connectivity index (χ1) is 9.10. The van der Waals surface area contributed by atoms with E-state index in [1.165, 1.54) is 18.2 Å². The number of rotatable bonds is 3. The van der Waals surface area contributed by atoms with Crippen molar-refractivity contribution in [1.29, 1.82) is 0 Å². The zero-order valence-corrected chi connectivity index (χ0v) is 10.5. The molecular weight excluding hydrogens is 245 g/mol. The number of hydrogen-bond acceptors (Lipinski definition) is 2. The Hall–Kier alpha value is -2.20. The van der Waals surface area contributed by atoms with Crippen LogP contribution >= 0.6 is 0 Å². The molecule has 0 radical (unpaired) electrons. The normalized spacial score (nSPS) is 10.3. The summed E-state index contributed by atoms with van der Waals surface area (Å²) in [4.78, 5) is 12.0. The topological polar surface area (TPSA) is 49.3 Å². The molecule has 0 aliphatic heterocycles. The highest BCUT2D eigenvalue weighted by Crippen LogP contribution is 2.14. The highest BCUT2D eigenvalue weighted by atomic mass is 19.1. The smallest absolute Gasteiger partial charge is 0.255 e. The fourth-order valence-corrected chi connectivity index (χ4v) is 1.74. The Morgan fingerprint density at radius 1 is 1.26 bits per heavy atom. The van der Waals surface area contributed by atoms with E-state index in [2.05, 4.69) is 5.32 Å². The fraction of sp³-hybridized carbons (Fsp3) is 0.133. The van der Waals surface area contributed by atoms with Crippen molar-refractivity contribution in [1.82, 2.24) is 0 Å². The van der Waals surface area contributed by atoms with Gasteiger partial charge in [-0.05, 0) is 48.4 Å². The highest BCUT2D eigenvalue weighted by Gasteiger charge is 2.08. The second kappa shape index (κ2) is 5.63. The lowest BCUT2D eigenvalue weighted by atomic mass is 10.1. The SMILES string of the molecule is Cc1cc(C(=O)Nc2cccc(CO)c2)ccc1F. The molecule has 0 aromatic heterocycles. The van der Waals surface area contributed by atoms with Crippen molar-refractivity contribution in [2.75, 3.05) is 5.32 Å². The Morgan fingerprint density at radius 2 is 2.05 bits per heavy atom. The molecule has 3 nitrogen and oxygen atoms in total. The number of hydrogen-bond donors (Lipinski definition) is 2. The van der Waals surface area contributed by atoms with Crippen molar-refractivity contribution in [3.63, 3.8) is 0 Å². The molecule has 0 unspecified atom stereocenters. The number of nitrogens with one attached hydrogen (secondary N) is 1. The van der Waals surface area contributed by atoms with Gasteiger partial charge in [0.05, 0.1) is 6.61 Å². The number of carbonyl (C=O) groups is 1. The molecule has 98 valence electrons. The Kier molecular flexibility index (Phi) is 3.92. The van der Waals surface area contributed by atoms with E-state index in [-0.39, 0.29) is 18.3 Å². The first-order valence-electron chi connectivity index (χ1n) is 5.87. The predicted octanol–water partition coefficient (Wildman–Crippen LogP) is 2.88. The van der Waals surface area contributed by atoms with E-state index in [0.717, 1.165) is 0 Å². The summed E-state index contributed by atoms with van der Waals surface area (Å²) in [6, 6.07) is 11.1. The second-order valence-corrected chi connectivity index (χ2v) is 4.28. The number of aliphatic hydroxyl groups is 1. The molecule has 0 atom stereocenters. The maximum Gasteiger partial charge on any atom is 0.255 e. The third-order valence-electron chi connectivity index (χ3n) is 2.79. The van der Waals surface area contributed by atoms with Crippen LogP contribution in [0, 0.1) is 12.7 Å². The van der Waals surface area contributed by atoms with Gasteiger partial charge in [-0.3, -0.25) is 4.79 Å². The number of anilines is 1. The molecular formula is C15H14FNO2. The summed E-state index contributed by atoms with van der Waals surface area (Å²) in [6.07, 6.45) is 0. The van der Waals surface area contributed by atoms with Crippen LogP contribution in [0.25, 0.3) is 0 Å². The van der Waals surface area contributed by atoms with Gasteiger partial charge < -0.3 is 10.4 Å². The molecule has 2 aromatic carbocycles. The summed E-state index contributed by atoms with van der Waals surface area (Å²) >= 11 is 0. The van der Waals surface area contributed by atoms with Gasteiger partial charge >= 0.3 is 0 Å². The van der Waals surface area contributed by atoms with E-state index < -0.39 is 0 Å². The molecule has 2 rings (SSSR count). The van der Waals surface area contributed by atoms with Gasteiger partial charge in [0.25, 0.3) is 5.91 Å². The van der Waals surface area contributed by atoms with Crippen molar-refractivity contribution in [3.05, 3.63) is 65.0 Å². The molecule has 4 heteroatoms. The van der Waals surface area contributed by atoms with Crippen LogP contribution in [0.2, 0.25) is 0 Å². The van der Waals surface area contributed by atoms with Crippen molar-refractivity contribution in [2.45, 2.75) is 13.5 Å². The molecule has 2 aromatic rings. The minimum absolute atomic E-state index is 0.0840. The minimum Gasteiger partial charge on any atom is -0.392 e. The zero-order chi connectivity index (χ0) is 13.8. The maximum absolute atomic E-state index is 13.1. The highest BCUT2D eigenvalue weighted by molar-refractivity contribution is 6.04. The molecule has 0 bridgehead atoms. The van der Waals surface area contributed by atoms with Crippen LogP contribution < -0.4 is 5.32 Å². The molecule has 1 amide bonds. The monoisotopic (exact) mass is 259 g/mol. The second-order valence-electron chi connectivity index (χ2n) is 4.28. The summed E-state index contributed by atoms with van der Waals surface area (Å²) in [7, 11) is 0. The third-order valence-corrected chi connectivity index (χ3v) is 2.79. The Labute approximate surface area is 110 Å². The molecule has 0 fully saturated rings. The lowest BCUT2D eigenvalue weighted by molar-refractivity contribution is 0.102. The van der Waals surface area contributed by atoms with Crippen LogP contribution in [0.15, 0.2) is 42.5 Å². The molecule has 0 saturated carbocycles. The number of carbonyl (C=O) groups excluding carboxylic acids is 1. The first-order valence-corrected chi connectivity index (χ1v) is 5.87. The van der Waals surface area contributed by atoms with Crippen LogP contribution in [0.3, 0.4) is 0 Å². The minimum atomic E-state index is -0.334. The fourth-order valence-electron chi connectivity index (χ4n) is 1.74. The molecule has 0 aliphatic carbocycles. The third kappa shape index (κ3) is 3.17. The molecule has 0 saturated heterocycles. The lowest BCUT2D eigenvalue weighted by Crippen LogP contribution is -2.12. The van der Waals surface area contributed by atoms with Crippen molar-refractivity contribution in [2.24, 2.45) is 0 Å². The average molecular weight is 259 g/mol. The average Bonchev–Trinajstić information content (AvgIpc) is 2.42. The number of amides is 1. The van der Waals surface area contributed by atoms with Crippen LogP contribution in [0.4, 0.5) is 10.1 Å². The summed E-state index contributed by atoms with van der Waals surface area (Å²) in [5.74, 6) is -0.642. The zero-order valence-electron chi connectivity index (χ0n) is 10.5. The van der Waals surface area contributed by atoms with Gasteiger partial charge in [0.1, 0.15) is 5.82 Å². The van der Waals surface area contributed by atoms with Gasteiger partial charge in [-0.15, -0.1) is 0 Å². The van der Waals surface area contributed by atoms with Crippen LogP contribution in [-0.2, 0) is 6.61 Å². The van der Waals surface area contributed by atoms with Gasteiger partial charge in [0.2, 0.25) is 0 Å². The van der Waals surface area contributed by atoms with Crippen LogP contribution in [-0.4, -0.2) is 11.0 Å². The Morgan fingerprint density at radius 3 is 2.74 bits per heavy atom. The lowest BCUT2D eigenvalue weighted by Gasteiger charge is -2.07.